The van der Waals surface area contributed by atoms with Gasteiger partial charge in [0.15, 0.2) is 11.5 Å². The number of benzene rings is 2. The van der Waals surface area contributed by atoms with Crippen LogP contribution in [-0.2, 0) is 20.9 Å². The van der Waals surface area contributed by atoms with Crippen molar-refractivity contribution >= 4 is 29.6 Å². The fourth-order valence-corrected chi connectivity index (χ4v) is 3.55. The molecule has 0 radical (unpaired) electrons. The Kier molecular flexibility index (Phi) is 7.95. The SMILES string of the molecule is COC(=O)C1CCN(C(=O)/C=C/c2ccc(OCc3ccc(Cl)cc3)c(OC)c2)CC1. The van der Waals surface area contributed by atoms with Crippen LogP contribution in [0.4, 0.5) is 0 Å². The first-order chi connectivity index (χ1) is 15.0. The Morgan fingerprint density at radius 3 is 2.42 bits per heavy atom. The number of amides is 1. The minimum Gasteiger partial charge on any atom is -0.493 e. The molecule has 1 heterocycles. The van der Waals surface area contributed by atoms with Crippen LogP contribution < -0.4 is 9.47 Å². The van der Waals surface area contributed by atoms with Gasteiger partial charge in [-0.25, -0.2) is 0 Å². The van der Waals surface area contributed by atoms with Gasteiger partial charge in [0, 0.05) is 24.2 Å². The van der Waals surface area contributed by atoms with Gasteiger partial charge < -0.3 is 19.1 Å². The van der Waals surface area contributed by atoms with E-state index in [1.54, 1.807) is 24.2 Å². The number of carbonyl (C=O) groups is 2. The van der Waals surface area contributed by atoms with E-state index in [2.05, 4.69) is 0 Å². The molecule has 0 atom stereocenters. The topological polar surface area (TPSA) is 65.1 Å². The fourth-order valence-electron chi connectivity index (χ4n) is 3.42. The molecule has 1 aliphatic heterocycles. The summed E-state index contributed by atoms with van der Waals surface area (Å²) in [5.41, 5.74) is 1.82. The Morgan fingerprint density at radius 1 is 1.06 bits per heavy atom. The van der Waals surface area contributed by atoms with Crippen LogP contribution in [0, 0.1) is 5.92 Å². The molecule has 1 fully saturated rings. The zero-order valence-corrected chi connectivity index (χ0v) is 18.4. The number of hydrogen-bond donors (Lipinski definition) is 0. The van der Waals surface area contributed by atoms with Gasteiger partial charge in [0.1, 0.15) is 6.61 Å². The number of carbonyl (C=O) groups excluding carboxylic acids is 2. The van der Waals surface area contributed by atoms with Crippen molar-refractivity contribution in [3.63, 3.8) is 0 Å². The van der Waals surface area contributed by atoms with Crippen molar-refractivity contribution in [1.82, 2.24) is 4.90 Å². The van der Waals surface area contributed by atoms with E-state index in [9.17, 15) is 9.59 Å². The molecule has 6 nitrogen and oxygen atoms in total. The second kappa shape index (κ2) is 10.9. The second-order valence-electron chi connectivity index (χ2n) is 7.28. The molecule has 2 aromatic rings. The largest absolute Gasteiger partial charge is 0.493 e. The second-order valence-corrected chi connectivity index (χ2v) is 7.72. The van der Waals surface area contributed by atoms with E-state index < -0.39 is 0 Å². The summed E-state index contributed by atoms with van der Waals surface area (Å²) in [4.78, 5) is 25.8. The lowest BCUT2D eigenvalue weighted by Gasteiger charge is -2.29. The van der Waals surface area contributed by atoms with Crippen molar-refractivity contribution in [3.8, 4) is 11.5 Å². The molecule has 3 rings (SSSR count). The normalized spacial score (nSPS) is 14.5. The summed E-state index contributed by atoms with van der Waals surface area (Å²) >= 11 is 5.91. The maximum absolute atomic E-state index is 12.5. The zero-order valence-electron chi connectivity index (χ0n) is 17.7. The number of nitrogens with zero attached hydrogens (tertiary/aromatic N) is 1. The van der Waals surface area contributed by atoms with Gasteiger partial charge in [0.05, 0.1) is 20.1 Å². The van der Waals surface area contributed by atoms with E-state index in [0.29, 0.717) is 49.1 Å². The summed E-state index contributed by atoms with van der Waals surface area (Å²) in [5.74, 6) is 0.800. The highest BCUT2D eigenvalue weighted by atomic mass is 35.5. The highest BCUT2D eigenvalue weighted by Crippen LogP contribution is 2.29. The summed E-state index contributed by atoms with van der Waals surface area (Å²) in [6, 6.07) is 13.0. The lowest BCUT2D eigenvalue weighted by Crippen LogP contribution is -2.39. The average Bonchev–Trinajstić information content (AvgIpc) is 2.82. The highest BCUT2D eigenvalue weighted by Gasteiger charge is 2.26. The molecular formula is C24H26ClNO5. The predicted octanol–water partition coefficient (Wildman–Crippen LogP) is 4.35. The van der Waals surface area contributed by atoms with Crippen LogP contribution in [0.1, 0.15) is 24.0 Å². The van der Waals surface area contributed by atoms with Crippen molar-refractivity contribution in [2.45, 2.75) is 19.4 Å². The number of esters is 1. The molecule has 0 unspecified atom stereocenters. The quantitative estimate of drug-likeness (QED) is 0.470. The lowest BCUT2D eigenvalue weighted by molar-refractivity contribution is -0.148. The number of ether oxygens (including phenoxy) is 3. The van der Waals surface area contributed by atoms with Gasteiger partial charge in [-0.3, -0.25) is 9.59 Å². The predicted molar refractivity (Wildman–Crippen MR) is 119 cm³/mol. The third-order valence-electron chi connectivity index (χ3n) is 5.25. The van der Waals surface area contributed by atoms with Crippen LogP contribution in [0.3, 0.4) is 0 Å². The van der Waals surface area contributed by atoms with Crippen molar-refractivity contribution in [3.05, 3.63) is 64.7 Å². The van der Waals surface area contributed by atoms with Crippen molar-refractivity contribution in [1.29, 1.82) is 0 Å². The van der Waals surface area contributed by atoms with E-state index >= 15 is 0 Å². The Balaban J connectivity index is 1.57. The third-order valence-corrected chi connectivity index (χ3v) is 5.51. The molecule has 2 aromatic carbocycles. The van der Waals surface area contributed by atoms with Crippen LogP contribution in [0.5, 0.6) is 11.5 Å². The standard InChI is InChI=1S/C24H26ClNO5/c1-29-22-15-17(5-9-21(22)31-16-18-3-7-20(25)8-4-18)6-10-23(27)26-13-11-19(12-14-26)24(28)30-2/h3-10,15,19H,11-14,16H2,1-2H3/b10-6+. The molecular weight excluding hydrogens is 418 g/mol. The van der Waals surface area contributed by atoms with Crippen molar-refractivity contribution in [2.75, 3.05) is 27.3 Å². The summed E-state index contributed by atoms with van der Waals surface area (Å²) in [5, 5.41) is 0.680. The van der Waals surface area contributed by atoms with Gasteiger partial charge in [-0.1, -0.05) is 29.8 Å². The van der Waals surface area contributed by atoms with E-state index in [4.69, 9.17) is 25.8 Å². The highest BCUT2D eigenvalue weighted by molar-refractivity contribution is 6.30. The van der Waals surface area contributed by atoms with Gasteiger partial charge in [-0.05, 0) is 54.3 Å². The molecule has 0 bridgehead atoms. The number of halogens is 1. The maximum atomic E-state index is 12.5. The van der Waals surface area contributed by atoms with Crippen molar-refractivity contribution in [2.24, 2.45) is 5.92 Å². The number of methoxy groups -OCH3 is 2. The third kappa shape index (κ3) is 6.25. The van der Waals surface area contributed by atoms with Crippen LogP contribution >= 0.6 is 11.6 Å². The monoisotopic (exact) mass is 443 g/mol. The molecule has 0 aliphatic carbocycles. The first kappa shape index (κ1) is 22.7. The summed E-state index contributed by atoms with van der Waals surface area (Å²) in [6.45, 7) is 1.48. The minimum absolute atomic E-state index is 0.0784. The minimum atomic E-state index is -0.201. The Bertz CT molecular complexity index is 933. The Morgan fingerprint density at radius 2 is 1.77 bits per heavy atom. The number of piperidine rings is 1. The van der Waals surface area contributed by atoms with Crippen molar-refractivity contribution < 1.29 is 23.8 Å². The Labute approximate surface area is 187 Å². The summed E-state index contributed by atoms with van der Waals surface area (Å²) < 4.78 is 16.1. The van der Waals surface area contributed by atoms with E-state index in [1.165, 1.54) is 7.11 Å². The molecule has 0 N–H and O–H groups in total. The molecule has 0 saturated carbocycles. The molecule has 0 spiro atoms. The lowest BCUT2D eigenvalue weighted by atomic mass is 9.97. The maximum Gasteiger partial charge on any atom is 0.308 e. The first-order valence-corrected chi connectivity index (χ1v) is 10.5. The van der Waals surface area contributed by atoms with Gasteiger partial charge in [-0.15, -0.1) is 0 Å². The zero-order chi connectivity index (χ0) is 22.2. The van der Waals surface area contributed by atoms with Crippen LogP contribution in [-0.4, -0.2) is 44.1 Å². The summed E-state index contributed by atoms with van der Waals surface area (Å²) in [6.07, 6.45) is 4.54. The smallest absolute Gasteiger partial charge is 0.308 e. The first-order valence-electron chi connectivity index (χ1n) is 10.1. The number of likely N-dealkylation sites (tertiary alicyclic amines) is 1. The van der Waals surface area contributed by atoms with Crippen LogP contribution in [0.2, 0.25) is 5.02 Å². The molecule has 1 amide bonds. The number of rotatable bonds is 7. The van der Waals surface area contributed by atoms with E-state index in [1.807, 2.05) is 42.5 Å². The molecule has 1 aliphatic rings. The molecule has 7 heteroatoms. The van der Waals surface area contributed by atoms with E-state index in [-0.39, 0.29) is 17.8 Å². The molecule has 164 valence electrons. The fraction of sp³-hybridized carbons (Fsp3) is 0.333. The van der Waals surface area contributed by atoms with Crippen LogP contribution in [0.15, 0.2) is 48.5 Å². The Hall–Kier alpha value is -2.99. The van der Waals surface area contributed by atoms with Gasteiger partial charge >= 0.3 is 5.97 Å². The van der Waals surface area contributed by atoms with Gasteiger partial charge in [-0.2, -0.15) is 0 Å². The number of hydrogen-bond acceptors (Lipinski definition) is 5. The van der Waals surface area contributed by atoms with E-state index in [0.717, 1.165) is 11.1 Å². The average molecular weight is 444 g/mol. The molecule has 31 heavy (non-hydrogen) atoms. The summed E-state index contributed by atoms with van der Waals surface area (Å²) in [7, 11) is 2.97. The molecule has 1 saturated heterocycles. The van der Waals surface area contributed by atoms with Gasteiger partial charge in [0.2, 0.25) is 5.91 Å². The van der Waals surface area contributed by atoms with Crippen LogP contribution in [0.25, 0.3) is 6.08 Å². The van der Waals surface area contributed by atoms with Gasteiger partial charge in [0.25, 0.3) is 0 Å². The molecule has 0 aromatic heterocycles.